The van der Waals surface area contributed by atoms with Crippen molar-refractivity contribution < 1.29 is 0 Å². The summed E-state index contributed by atoms with van der Waals surface area (Å²) in [4.78, 5) is 21.3. The Morgan fingerprint density at radius 2 is 2.08 bits per heavy atom. The summed E-state index contributed by atoms with van der Waals surface area (Å²) in [5, 5.41) is 4.47. The Morgan fingerprint density at radius 1 is 1.08 bits per heavy atom. The number of aryl methyl sites for hydroxylation is 1. The molecule has 2 N–H and O–H groups in total. The fraction of sp³-hybridized carbons (Fsp3) is 0.200. The van der Waals surface area contributed by atoms with Crippen LogP contribution in [0.3, 0.4) is 0 Å². The smallest absolute Gasteiger partial charge is 0.140 e. The molecule has 4 aromatic heterocycles. The second-order valence-corrected chi connectivity index (χ2v) is 6.47. The maximum atomic E-state index is 4.69. The standard InChI is InChI=1S/C20H18N6/c1-2-8-21-13(4-1)11-23-18-10-16(14-7-9-22-20(14)26-18)19-15-5-3-6-17(15)24-12-25-19/h1-2,4,7-10,12H,3,5-6,11H2,(H2,22,23,26). The maximum Gasteiger partial charge on any atom is 0.140 e. The number of hydrogen-bond acceptors (Lipinski definition) is 5. The zero-order chi connectivity index (χ0) is 17.3. The lowest BCUT2D eigenvalue weighted by Gasteiger charge is -2.11. The summed E-state index contributed by atoms with van der Waals surface area (Å²) in [5.41, 5.74) is 6.41. The van der Waals surface area contributed by atoms with Gasteiger partial charge in [-0.05, 0) is 43.5 Å². The maximum absolute atomic E-state index is 4.69. The molecule has 0 fully saturated rings. The topological polar surface area (TPSA) is 79.4 Å². The molecule has 26 heavy (non-hydrogen) atoms. The second-order valence-electron chi connectivity index (χ2n) is 6.47. The number of aromatic nitrogens is 5. The first-order chi connectivity index (χ1) is 12.9. The minimum Gasteiger partial charge on any atom is -0.364 e. The molecule has 128 valence electrons. The van der Waals surface area contributed by atoms with Crippen molar-refractivity contribution in [1.29, 1.82) is 0 Å². The summed E-state index contributed by atoms with van der Waals surface area (Å²) in [6.45, 7) is 0.626. The number of fused-ring (bicyclic) bond motifs is 2. The molecule has 6 nitrogen and oxygen atoms in total. The number of nitrogens with one attached hydrogen (secondary N) is 2. The van der Waals surface area contributed by atoms with Crippen molar-refractivity contribution in [3.63, 3.8) is 0 Å². The van der Waals surface area contributed by atoms with E-state index < -0.39 is 0 Å². The van der Waals surface area contributed by atoms with Crippen LogP contribution < -0.4 is 5.32 Å². The van der Waals surface area contributed by atoms with Crippen LogP contribution in [0.25, 0.3) is 22.3 Å². The summed E-state index contributed by atoms with van der Waals surface area (Å²) in [6.07, 6.45) is 8.62. The van der Waals surface area contributed by atoms with Gasteiger partial charge in [0.1, 0.15) is 17.8 Å². The largest absolute Gasteiger partial charge is 0.364 e. The third kappa shape index (κ3) is 2.60. The first-order valence-corrected chi connectivity index (χ1v) is 8.83. The van der Waals surface area contributed by atoms with Crippen LogP contribution in [-0.2, 0) is 19.4 Å². The molecule has 0 unspecified atom stereocenters. The van der Waals surface area contributed by atoms with Crippen molar-refractivity contribution in [2.24, 2.45) is 0 Å². The van der Waals surface area contributed by atoms with Crippen LogP contribution in [0.4, 0.5) is 5.82 Å². The minimum absolute atomic E-state index is 0.626. The van der Waals surface area contributed by atoms with Gasteiger partial charge >= 0.3 is 0 Å². The molecular formula is C20H18N6. The van der Waals surface area contributed by atoms with E-state index in [1.807, 2.05) is 24.4 Å². The minimum atomic E-state index is 0.626. The predicted octanol–water partition coefficient (Wildman–Crippen LogP) is 3.52. The summed E-state index contributed by atoms with van der Waals surface area (Å²) in [7, 11) is 0. The summed E-state index contributed by atoms with van der Waals surface area (Å²) >= 11 is 0. The van der Waals surface area contributed by atoms with Crippen molar-refractivity contribution in [3.05, 3.63) is 66.0 Å². The molecule has 4 aromatic rings. The zero-order valence-corrected chi connectivity index (χ0v) is 14.2. The molecular weight excluding hydrogens is 324 g/mol. The molecule has 0 aromatic carbocycles. The Kier molecular flexibility index (Phi) is 3.59. The van der Waals surface area contributed by atoms with Crippen molar-refractivity contribution in [2.75, 3.05) is 5.32 Å². The fourth-order valence-corrected chi connectivity index (χ4v) is 3.60. The highest BCUT2D eigenvalue weighted by atomic mass is 15.0. The lowest BCUT2D eigenvalue weighted by Crippen LogP contribution is -2.04. The van der Waals surface area contributed by atoms with Crippen LogP contribution >= 0.6 is 0 Å². The van der Waals surface area contributed by atoms with E-state index in [9.17, 15) is 0 Å². The van der Waals surface area contributed by atoms with Crippen molar-refractivity contribution in [2.45, 2.75) is 25.8 Å². The molecule has 6 heteroatoms. The Bertz CT molecular complexity index is 1070. The average molecular weight is 342 g/mol. The number of rotatable bonds is 4. The molecule has 0 aliphatic heterocycles. The third-order valence-electron chi connectivity index (χ3n) is 4.84. The monoisotopic (exact) mass is 342 g/mol. The fourth-order valence-electron chi connectivity index (χ4n) is 3.60. The van der Waals surface area contributed by atoms with Gasteiger partial charge in [0, 0.05) is 34.6 Å². The molecule has 5 rings (SSSR count). The Hall–Kier alpha value is -3.28. The van der Waals surface area contributed by atoms with Crippen molar-refractivity contribution in [3.8, 4) is 11.3 Å². The van der Waals surface area contributed by atoms with E-state index in [1.165, 1.54) is 11.3 Å². The number of aromatic amines is 1. The highest BCUT2D eigenvalue weighted by Crippen LogP contribution is 2.34. The van der Waals surface area contributed by atoms with E-state index >= 15 is 0 Å². The average Bonchev–Trinajstić information content (AvgIpc) is 3.35. The summed E-state index contributed by atoms with van der Waals surface area (Å²) < 4.78 is 0. The van der Waals surface area contributed by atoms with Gasteiger partial charge in [-0.1, -0.05) is 6.07 Å². The molecule has 1 aliphatic carbocycles. The van der Waals surface area contributed by atoms with Crippen LogP contribution in [-0.4, -0.2) is 24.9 Å². The molecule has 0 spiro atoms. The van der Waals surface area contributed by atoms with E-state index in [2.05, 4.69) is 37.4 Å². The second kappa shape index (κ2) is 6.22. The molecule has 0 saturated carbocycles. The number of nitrogens with zero attached hydrogens (tertiary/aromatic N) is 4. The highest BCUT2D eigenvalue weighted by Gasteiger charge is 2.20. The molecule has 0 bridgehead atoms. The normalized spacial score (nSPS) is 13.1. The van der Waals surface area contributed by atoms with Crippen LogP contribution in [0, 0.1) is 0 Å². The van der Waals surface area contributed by atoms with Gasteiger partial charge < -0.3 is 10.3 Å². The van der Waals surface area contributed by atoms with E-state index in [1.54, 1.807) is 12.5 Å². The van der Waals surface area contributed by atoms with Crippen LogP contribution in [0.1, 0.15) is 23.4 Å². The quantitative estimate of drug-likeness (QED) is 0.593. The van der Waals surface area contributed by atoms with E-state index in [-0.39, 0.29) is 0 Å². The number of anilines is 1. The number of pyridine rings is 2. The first-order valence-electron chi connectivity index (χ1n) is 8.83. The zero-order valence-electron chi connectivity index (χ0n) is 14.2. The van der Waals surface area contributed by atoms with E-state index in [0.29, 0.717) is 6.54 Å². The van der Waals surface area contributed by atoms with Gasteiger partial charge in [-0.3, -0.25) is 4.98 Å². The van der Waals surface area contributed by atoms with Gasteiger partial charge in [-0.25, -0.2) is 15.0 Å². The Balaban J connectivity index is 1.57. The summed E-state index contributed by atoms with van der Waals surface area (Å²) in [5.74, 6) is 0.811. The van der Waals surface area contributed by atoms with E-state index in [4.69, 9.17) is 4.98 Å². The van der Waals surface area contributed by atoms with Gasteiger partial charge in [0.2, 0.25) is 0 Å². The Morgan fingerprint density at radius 3 is 3.00 bits per heavy atom. The van der Waals surface area contributed by atoms with Crippen molar-refractivity contribution >= 4 is 16.9 Å². The lowest BCUT2D eigenvalue weighted by molar-refractivity contribution is 0.899. The molecule has 0 atom stereocenters. The van der Waals surface area contributed by atoms with Gasteiger partial charge in [0.15, 0.2) is 0 Å². The van der Waals surface area contributed by atoms with Gasteiger partial charge in [0.25, 0.3) is 0 Å². The van der Waals surface area contributed by atoms with Gasteiger partial charge in [-0.15, -0.1) is 0 Å². The predicted molar refractivity (Wildman–Crippen MR) is 101 cm³/mol. The molecule has 0 amide bonds. The van der Waals surface area contributed by atoms with Gasteiger partial charge in [0.05, 0.1) is 17.9 Å². The van der Waals surface area contributed by atoms with Crippen LogP contribution in [0.2, 0.25) is 0 Å². The number of H-pyrrole nitrogens is 1. The molecule has 4 heterocycles. The van der Waals surface area contributed by atoms with E-state index in [0.717, 1.165) is 53.1 Å². The Labute approximate surface area is 150 Å². The SMILES string of the molecule is c1ccc(CNc2cc(-c3ncnc4c3CCC4)c3cc[nH]c3n2)nc1. The number of hydrogen-bond donors (Lipinski definition) is 2. The molecule has 1 aliphatic rings. The molecule has 0 saturated heterocycles. The van der Waals surface area contributed by atoms with Crippen molar-refractivity contribution in [1.82, 2.24) is 24.9 Å². The highest BCUT2D eigenvalue weighted by molar-refractivity contribution is 5.94. The lowest BCUT2D eigenvalue weighted by atomic mass is 10.0. The van der Waals surface area contributed by atoms with Gasteiger partial charge in [-0.2, -0.15) is 0 Å². The summed E-state index contributed by atoms with van der Waals surface area (Å²) in [6, 6.07) is 10.0. The van der Waals surface area contributed by atoms with Crippen LogP contribution in [0.5, 0.6) is 0 Å². The first kappa shape index (κ1) is 15.0. The molecule has 0 radical (unpaired) electrons. The third-order valence-corrected chi connectivity index (χ3v) is 4.84. The van der Waals surface area contributed by atoms with Crippen LogP contribution in [0.15, 0.2) is 49.1 Å².